The van der Waals surface area contributed by atoms with Gasteiger partial charge in [0.05, 0.1) is 0 Å². The molecule has 0 aliphatic rings. The zero-order chi connectivity index (χ0) is 17.5. The number of hydrogen-bond donors (Lipinski definition) is 1. The highest BCUT2D eigenvalue weighted by Gasteiger charge is 2.10. The molecule has 2 aromatic carbocycles. The molecule has 1 N–H and O–H groups in total. The smallest absolute Gasteiger partial charge is 0.251 e. The van der Waals surface area contributed by atoms with Crippen LogP contribution in [0.25, 0.3) is 0 Å². The van der Waals surface area contributed by atoms with Crippen molar-refractivity contribution in [2.45, 2.75) is 19.4 Å². The summed E-state index contributed by atoms with van der Waals surface area (Å²) >= 11 is 5.95. The molecule has 0 saturated carbocycles. The largest absolute Gasteiger partial charge is 0.355 e. The van der Waals surface area contributed by atoms with Crippen LogP contribution in [0.1, 0.15) is 27.9 Å². The first kappa shape index (κ1) is 18.0. The van der Waals surface area contributed by atoms with Crippen molar-refractivity contribution >= 4 is 23.4 Å². The maximum absolute atomic E-state index is 12.3. The van der Waals surface area contributed by atoms with Gasteiger partial charge >= 0.3 is 0 Å². The van der Waals surface area contributed by atoms with Crippen LogP contribution < -0.4 is 5.32 Å². The van der Waals surface area contributed by atoms with Crippen LogP contribution in [0.2, 0.25) is 5.02 Å². The third kappa shape index (κ3) is 5.10. The van der Waals surface area contributed by atoms with Crippen molar-refractivity contribution in [3.63, 3.8) is 0 Å². The van der Waals surface area contributed by atoms with Crippen LogP contribution in [0.4, 0.5) is 0 Å². The summed E-state index contributed by atoms with van der Waals surface area (Å²) in [5, 5.41) is 3.27. The van der Waals surface area contributed by atoms with Crippen LogP contribution >= 0.6 is 11.6 Å². The van der Waals surface area contributed by atoms with E-state index in [0.717, 1.165) is 11.1 Å². The van der Waals surface area contributed by atoms with Crippen molar-refractivity contribution in [3.8, 4) is 0 Å². The lowest BCUT2D eigenvalue weighted by molar-refractivity contribution is -0.130. The second-order valence-corrected chi connectivity index (χ2v) is 6.09. The number of rotatable bonds is 6. The SMILES string of the molecule is CNC(=O)c1ccc(CN(C)C(=O)CCc2cccc(Cl)c2)cc1. The van der Waals surface area contributed by atoms with Gasteiger partial charge in [0.1, 0.15) is 0 Å². The van der Waals surface area contributed by atoms with Crippen molar-refractivity contribution in [2.24, 2.45) is 0 Å². The number of hydrogen-bond acceptors (Lipinski definition) is 2. The molecule has 2 rings (SSSR count). The number of nitrogens with one attached hydrogen (secondary N) is 1. The lowest BCUT2D eigenvalue weighted by Crippen LogP contribution is -2.26. The summed E-state index contributed by atoms with van der Waals surface area (Å²) in [4.78, 5) is 25.5. The zero-order valence-electron chi connectivity index (χ0n) is 13.9. The maximum atomic E-state index is 12.3. The van der Waals surface area contributed by atoms with Gasteiger partial charge in [0, 0.05) is 37.6 Å². The molecule has 0 atom stereocenters. The second-order valence-electron chi connectivity index (χ2n) is 5.66. The van der Waals surface area contributed by atoms with Crippen molar-refractivity contribution in [2.75, 3.05) is 14.1 Å². The molecule has 0 saturated heterocycles. The number of nitrogens with zero attached hydrogens (tertiary/aromatic N) is 1. The minimum atomic E-state index is -0.118. The minimum Gasteiger partial charge on any atom is -0.355 e. The number of carbonyl (C=O) groups is 2. The molecule has 0 bridgehead atoms. The van der Waals surface area contributed by atoms with Gasteiger partial charge in [0.25, 0.3) is 5.91 Å². The van der Waals surface area contributed by atoms with E-state index in [9.17, 15) is 9.59 Å². The Bertz CT molecular complexity index is 714. The van der Waals surface area contributed by atoms with E-state index in [2.05, 4.69) is 5.32 Å². The Morgan fingerprint density at radius 1 is 1.08 bits per heavy atom. The van der Waals surface area contributed by atoms with Crippen molar-refractivity contribution in [1.82, 2.24) is 10.2 Å². The highest BCUT2D eigenvalue weighted by molar-refractivity contribution is 6.30. The fourth-order valence-electron chi connectivity index (χ4n) is 2.40. The van der Waals surface area contributed by atoms with E-state index in [1.807, 2.05) is 36.4 Å². The summed E-state index contributed by atoms with van der Waals surface area (Å²) in [5.74, 6) is -0.0437. The summed E-state index contributed by atoms with van der Waals surface area (Å²) in [6.07, 6.45) is 1.10. The molecule has 0 spiro atoms. The van der Waals surface area contributed by atoms with E-state index in [-0.39, 0.29) is 11.8 Å². The van der Waals surface area contributed by atoms with E-state index < -0.39 is 0 Å². The van der Waals surface area contributed by atoms with Gasteiger partial charge in [-0.3, -0.25) is 9.59 Å². The van der Waals surface area contributed by atoms with Crippen molar-refractivity contribution in [3.05, 3.63) is 70.2 Å². The number of aryl methyl sites for hydroxylation is 1. The van der Waals surface area contributed by atoms with Gasteiger partial charge in [-0.15, -0.1) is 0 Å². The maximum Gasteiger partial charge on any atom is 0.251 e. The topological polar surface area (TPSA) is 49.4 Å². The Morgan fingerprint density at radius 2 is 1.79 bits per heavy atom. The van der Waals surface area contributed by atoms with Crippen molar-refractivity contribution < 1.29 is 9.59 Å². The van der Waals surface area contributed by atoms with Gasteiger partial charge in [-0.1, -0.05) is 35.9 Å². The van der Waals surface area contributed by atoms with Crippen LogP contribution in [0, 0.1) is 0 Å². The van der Waals surface area contributed by atoms with Crippen LogP contribution in [0.5, 0.6) is 0 Å². The minimum absolute atomic E-state index is 0.0744. The molecule has 0 radical (unpaired) electrons. The highest BCUT2D eigenvalue weighted by Crippen LogP contribution is 2.13. The first-order valence-electron chi connectivity index (χ1n) is 7.79. The summed E-state index contributed by atoms with van der Waals surface area (Å²) in [7, 11) is 3.38. The Balaban J connectivity index is 1.88. The zero-order valence-corrected chi connectivity index (χ0v) is 14.6. The highest BCUT2D eigenvalue weighted by atomic mass is 35.5. The van der Waals surface area contributed by atoms with Crippen LogP contribution in [-0.4, -0.2) is 30.8 Å². The predicted molar refractivity (Wildman–Crippen MR) is 96.1 cm³/mol. The van der Waals surface area contributed by atoms with Gasteiger partial charge in [0.15, 0.2) is 0 Å². The standard InChI is InChI=1S/C19H21ClN2O2/c1-21-19(24)16-9-6-15(7-10-16)13-22(2)18(23)11-8-14-4-3-5-17(20)12-14/h3-7,9-10,12H,8,11,13H2,1-2H3,(H,21,24). The molecule has 0 heterocycles. The molecule has 2 aromatic rings. The number of amides is 2. The van der Waals surface area contributed by atoms with Gasteiger partial charge in [0.2, 0.25) is 5.91 Å². The second kappa shape index (κ2) is 8.50. The normalized spacial score (nSPS) is 10.3. The molecule has 4 nitrogen and oxygen atoms in total. The average Bonchev–Trinajstić information content (AvgIpc) is 2.59. The molecule has 0 aliphatic carbocycles. The summed E-state index contributed by atoms with van der Waals surface area (Å²) in [5.41, 5.74) is 2.65. The molecule has 0 fully saturated rings. The monoisotopic (exact) mass is 344 g/mol. The quantitative estimate of drug-likeness (QED) is 0.874. The third-order valence-corrected chi connectivity index (χ3v) is 4.04. The molecule has 0 aromatic heterocycles. The molecular weight excluding hydrogens is 324 g/mol. The van der Waals surface area contributed by atoms with Gasteiger partial charge in [-0.05, 0) is 41.8 Å². The molecule has 2 amide bonds. The van der Waals surface area contributed by atoms with E-state index in [0.29, 0.717) is 30.0 Å². The van der Waals surface area contributed by atoms with Crippen molar-refractivity contribution in [1.29, 1.82) is 0 Å². The first-order valence-corrected chi connectivity index (χ1v) is 8.17. The summed E-state index contributed by atoms with van der Waals surface area (Å²) in [6.45, 7) is 0.516. The number of halogens is 1. The third-order valence-electron chi connectivity index (χ3n) is 3.81. The van der Waals surface area contributed by atoms with Gasteiger partial charge < -0.3 is 10.2 Å². The Labute approximate surface area is 147 Å². The van der Waals surface area contributed by atoms with E-state index in [1.54, 1.807) is 31.1 Å². The Morgan fingerprint density at radius 3 is 2.42 bits per heavy atom. The molecular formula is C19H21ClN2O2. The van der Waals surface area contributed by atoms with Gasteiger partial charge in [-0.25, -0.2) is 0 Å². The number of carbonyl (C=O) groups excluding carboxylic acids is 2. The molecule has 126 valence electrons. The average molecular weight is 345 g/mol. The fourth-order valence-corrected chi connectivity index (χ4v) is 2.62. The van der Waals surface area contributed by atoms with E-state index >= 15 is 0 Å². The van der Waals surface area contributed by atoms with Crippen LogP contribution in [-0.2, 0) is 17.8 Å². The van der Waals surface area contributed by atoms with E-state index in [4.69, 9.17) is 11.6 Å². The molecule has 24 heavy (non-hydrogen) atoms. The summed E-state index contributed by atoms with van der Waals surface area (Å²) < 4.78 is 0. The Hall–Kier alpha value is -2.33. The Kier molecular flexibility index (Phi) is 6.38. The lowest BCUT2D eigenvalue weighted by Gasteiger charge is -2.17. The fraction of sp³-hybridized carbons (Fsp3) is 0.263. The molecule has 0 aliphatic heterocycles. The molecule has 0 unspecified atom stereocenters. The van der Waals surface area contributed by atoms with E-state index in [1.165, 1.54) is 0 Å². The lowest BCUT2D eigenvalue weighted by atomic mass is 10.1. The van der Waals surface area contributed by atoms with Crippen LogP contribution in [0.15, 0.2) is 48.5 Å². The number of benzene rings is 2. The van der Waals surface area contributed by atoms with Gasteiger partial charge in [-0.2, -0.15) is 0 Å². The predicted octanol–water partition coefficient (Wildman–Crippen LogP) is 3.29. The summed E-state index contributed by atoms with van der Waals surface area (Å²) in [6, 6.07) is 14.8. The molecule has 5 heteroatoms. The first-order chi connectivity index (χ1) is 11.5. The van der Waals surface area contributed by atoms with Crippen LogP contribution in [0.3, 0.4) is 0 Å².